The molecule has 0 amide bonds. The molecule has 4 nitrogen and oxygen atoms in total. The Morgan fingerprint density at radius 1 is 1.57 bits per heavy atom. The Labute approximate surface area is 134 Å². The van der Waals surface area contributed by atoms with Gasteiger partial charge in [-0.25, -0.2) is 4.68 Å². The molecule has 0 aromatic carbocycles. The van der Waals surface area contributed by atoms with E-state index in [2.05, 4.69) is 39.2 Å². The Balaban J connectivity index is 1.90. The standard InChI is InChI=1S/C16H22BrN3O/c1-3-9-20-16(21)15(17)14(11-19-20)18-8-7-13-6-4-5-12(2)10-13/h1,11-13,18H,4-10H2,2H3. The Kier molecular flexibility index (Phi) is 5.86. The van der Waals surface area contributed by atoms with Gasteiger partial charge in [-0.05, 0) is 40.6 Å². The lowest BCUT2D eigenvalue weighted by atomic mass is 9.81. The lowest BCUT2D eigenvalue weighted by Crippen LogP contribution is -2.24. The van der Waals surface area contributed by atoms with E-state index >= 15 is 0 Å². The van der Waals surface area contributed by atoms with Crippen molar-refractivity contribution < 1.29 is 0 Å². The van der Waals surface area contributed by atoms with E-state index in [1.807, 2.05) is 0 Å². The molecule has 1 N–H and O–H groups in total. The molecule has 0 bridgehead atoms. The molecular formula is C16H22BrN3O. The largest absolute Gasteiger partial charge is 0.383 e. The van der Waals surface area contributed by atoms with Crippen LogP contribution in [0.1, 0.15) is 39.0 Å². The molecule has 21 heavy (non-hydrogen) atoms. The lowest BCUT2D eigenvalue weighted by molar-refractivity contribution is 0.274. The van der Waals surface area contributed by atoms with Crippen molar-refractivity contribution >= 4 is 21.6 Å². The molecule has 0 saturated heterocycles. The first-order valence-electron chi connectivity index (χ1n) is 7.54. The van der Waals surface area contributed by atoms with E-state index in [4.69, 9.17) is 6.42 Å². The van der Waals surface area contributed by atoms with Crippen molar-refractivity contribution in [3.8, 4) is 12.3 Å². The lowest BCUT2D eigenvalue weighted by Gasteiger charge is -2.26. The molecule has 1 aliphatic rings. The zero-order valence-electron chi connectivity index (χ0n) is 12.4. The number of anilines is 1. The molecule has 2 rings (SSSR count). The molecule has 0 aliphatic heterocycles. The van der Waals surface area contributed by atoms with E-state index in [1.54, 1.807) is 6.20 Å². The fourth-order valence-electron chi connectivity index (χ4n) is 3.02. The number of terminal acetylenes is 1. The van der Waals surface area contributed by atoms with E-state index in [1.165, 1.54) is 30.4 Å². The van der Waals surface area contributed by atoms with Gasteiger partial charge in [-0.3, -0.25) is 4.79 Å². The quantitative estimate of drug-likeness (QED) is 0.828. The van der Waals surface area contributed by atoms with E-state index < -0.39 is 0 Å². The van der Waals surface area contributed by atoms with Crippen molar-refractivity contribution in [3.05, 3.63) is 21.0 Å². The van der Waals surface area contributed by atoms with Gasteiger partial charge in [0.05, 0.1) is 11.9 Å². The predicted octanol–water partition coefficient (Wildman–Crippen LogP) is 3.27. The normalized spacial score (nSPS) is 21.8. The van der Waals surface area contributed by atoms with Crippen LogP contribution >= 0.6 is 15.9 Å². The van der Waals surface area contributed by atoms with Gasteiger partial charge in [0, 0.05) is 6.54 Å². The van der Waals surface area contributed by atoms with Crippen LogP contribution in [0, 0.1) is 24.2 Å². The second-order valence-corrected chi connectivity index (χ2v) is 6.69. The zero-order valence-corrected chi connectivity index (χ0v) is 14.0. The highest BCUT2D eigenvalue weighted by atomic mass is 79.9. The van der Waals surface area contributed by atoms with Crippen LogP contribution < -0.4 is 10.9 Å². The average molecular weight is 352 g/mol. The summed E-state index contributed by atoms with van der Waals surface area (Å²) >= 11 is 3.33. The van der Waals surface area contributed by atoms with Crippen LogP contribution in [-0.2, 0) is 6.54 Å². The minimum atomic E-state index is -0.191. The maximum atomic E-state index is 12.0. The highest BCUT2D eigenvalue weighted by Gasteiger charge is 2.18. The third-order valence-corrected chi connectivity index (χ3v) is 4.91. The fraction of sp³-hybridized carbons (Fsp3) is 0.625. The highest BCUT2D eigenvalue weighted by Crippen LogP contribution is 2.30. The van der Waals surface area contributed by atoms with E-state index in [9.17, 15) is 4.79 Å². The minimum Gasteiger partial charge on any atom is -0.383 e. The Morgan fingerprint density at radius 2 is 2.38 bits per heavy atom. The molecule has 5 heteroatoms. The maximum Gasteiger partial charge on any atom is 0.284 e. The molecule has 1 aliphatic carbocycles. The van der Waals surface area contributed by atoms with Gasteiger partial charge < -0.3 is 5.32 Å². The van der Waals surface area contributed by atoms with Gasteiger partial charge in [0.2, 0.25) is 0 Å². The van der Waals surface area contributed by atoms with Gasteiger partial charge in [-0.15, -0.1) is 6.42 Å². The summed E-state index contributed by atoms with van der Waals surface area (Å²) in [7, 11) is 0. The van der Waals surface area contributed by atoms with Crippen molar-refractivity contribution in [2.75, 3.05) is 11.9 Å². The average Bonchev–Trinajstić information content (AvgIpc) is 2.47. The van der Waals surface area contributed by atoms with Gasteiger partial charge >= 0.3 is 0 Å². The van der Waals surface area contributed by atoms with Crippen LogP contribution in [0.4, 0.5) is 5.69 Å². The number of halogens is 1. The number of hydrogen-bond donors (Lipinski definition) is 1. The van der Waals surface area contributed by atoms with Crippen molar-refractivity contribution in [1.29, 1.82) is 0 Å². The number of nitrogens with one attached hydrogen (secondary N) is 1. The van der Waals surface area contributed by atoms with E-state index in [0.717, 1.165) is 30.5 Å². The summed E-state index contributed by atoms with van der Waals surface area (Å²) in [4.78, 5) is 12.0. The molecule has 2 atom stereocenters. The third kappa shape index (κ3) is 4.34. The topological polar surface area (TPSA) is 46.9 Å². The van der Waals surface area contributed by atoms with Crippen molar-refractivity contribution in [1.82, 2.24) is 9.78 Å². The van der Waals surface area contributed by atoms with Crippen LogP contribution in [-0.4, -0.2) is 16.3 Å². The number of hydrogen-bond acceptors (Lipinski definition) is 3. The number of nitrogens with zero attached hydrogens (tertiary/aromatic N) is 2. The first kappa shape index (κ1) is 16.1. The Bertz CT molecular complexity index is 576. The van der Waals surface area contributed by atoms with Crippen molar-refractivity contribution in [2.24, 2.45) is 11.8 Å². The number of rotatable bonds is 5. The maximum absolute atomic E-state index is 12.0. The summed E-state index contributed by atoms with van der Waals surface area (Å²) in [5.74, 6) is 4.07. The van der Waals surface area contributed by atoms with Crippen molar-refractivity contribution in [2.45, 2.75) is 45.6 Å². The fourth-order valence-corrected chi connectivity index (χ4v) is 3.47. The SMILES string of the molecule is C#CCn1ncc(NCCC2CCCC(C)C2)c(Br)c1=O. The monoisotopic (exact) mass is 351 g/mol. The molecule has 1 fully saturated rings. The second-order valence-electron chi connectivity index (χ2n) is 5.89. The summed E-state index contributed by atoms with van der Waals surface area (Å²) in [6, 6.07) is 0. The van der Waals surface area contributed by atoms with Gasteiger partial charge in [-0.2, -0.15) is 5.10 Å². The first-order valence-corrected chi connectivity index (χ1v) is 8.34. The summed E-state index contributed by atoms with van der Waals surface area (Å²) in [6.45, 7) is 3.40. The molecule has 1 heterocycles. The highest BCUT2D eigenvalue weighted by molar-refractivity contribution is 9.10. The van der Waals surface area contributed by atoms with Gasteiger partial charge in [0.25, 0.3) is 5.56 Å². The molecular weight excluding hydrogens is 330 g/mol. The molecule has 0 radical (unpaired) electrons. The van der Waals surface area contributed by atoms with Crippen LogP contribution in [0.15, 0.2) is 15.5 Å². The Morgan fingerprint density at radius 3 is 3.10 bits per heavy atom. The van der Waals surface area contributed by atoms with Gasteiger partial charge in [-0.1, -0.05) is 32.1 Å². The van der Waals surface area contributed by atoms with Gasteiger partial charge in [0.15, 0.2) is 0 Å². The summed E-state index contributed by atoms with van der Waals surface area (Å²) in [5.41, 5.74) is 0.557. The molecule has 114 valence electrons. The summed E-state index contributed by atoms with van der Waals surface area (Å²) in [5, 5.41) is 7.39. The molecule has 1 aromatic rings. The van der Waals surface area contributed by atoms with Crippen LogP contribution in [0.2, 0.25) is 0 Å². The molecule has 0 spiro atoms. The minimum absolute atomic E-state index is 0.191. The second kappa shape index (κ2) is 7.65. The van der Waals surface area contributed by atoms with Crippen LogP contribution in [0.5, 0.6) is 0 Å². The zero-order chi connectivity index (χ0) is 15.2. The smallest absolute Gasteiger partial charge is 0.284 e. The van der Waals surface area contributed by atoms with Crippen LogP contribution in [0.3, 0.4) is 0 Å². The van der Waals surface area contributed by atoms with E-state index in [0.29, 0.717) is 4.47 Å². The number of aromatic nitrogens is 2. The Hall–Kier alpha value is -1.28. The predicted molar refractivity (Wildman–Crippen MR) is 89.3 cm³/mol. The molecule has 1 aromatic heterocycles. The first-order chi connectivity index (χ1) is 10.1. The summed E-state index contributed by atoms with van der Waals surface area (Å²) in [6.07, 6.45) is 13.4. The molecule has 1 saturated carbocycles. The van der Waals surface area contributed by atoms with Crippen LogP contribution in [0.25, 0.3) is 0 Å². The van der Waals surface area contributed by atoms with Crippen molar-refractivity contribution in [3.63, 3.8) is 0 Å². The van der Waals surface area contributed by atoms with Gasteiger partial charge in [0.1, 0.15) is 11.0 Å². The summed E-state index contributed by atoms with van der Waals surface area (Å²) < 4.78 is 1.78. The third-order valence-electron chi connectivity index (χ3n) is 4.14. The molecule has 2 unspecified atom stereocenters. The van der Waals surface area contributed by atoms with E-state index in [-0.39, 0.29) is 12.1 Å².